The van der Waals surface area contributed by atoms with Crippen LogP contribution in [0.3, 0.4) is 0 Å². The molecule has 0 saturated carbocycles. The van der Waals surface area contributed by atoms with Crippen molar-refractivity contribution in [1.82, 2.24) is 0 Å². The van der Waals surface area contributed by atoms with Crippen molar-refractivity contribution in [2.24, 2.45) is 4.99 Å². The summed E-state index contributed by atoms with van der Waals surface area (Å²) in [5.74, 6) is 1.46. The van der Waals surface area contributed by atoms with Gasteiger partial charge in [0.15, 0.2) is 9.84 Å². The van der Waals surface area contributed by atoms with Gasteiger partial charge in [-0.15, -0.1) is 0 Å². The third kappa shape index (κ3) is 3.37. The summed E-state index contributed by atoms with van der Waals surface area (Å²) < 4.78 is 28.4. The average molecular weight is 358 g/mol. The number of halogens is 2. The van der Waals surface area contributed by atoms with Gasteiger partial charge in [0.1, 0.15) is 11.5 Å². The molecule has 1 aromatic heterocycles. The van der Waals surface area contributed by atoms with Crippen LogP contribution < -0.4 is 0 Å². The van der Waals surface area contributed by atoms with Crippen LogP contribution in [0, 0.1) is 0 Å². The van der Waals surface area contributed by atoms with Crippen molar-refractivity contribution in [2.45, 2.75) is 12.5 Å². The van der Waals surface area contributed by atoms with Gasteiger partial charge in [-0.25, -0.2) is 8.42 Å². The van der Waals surface area contributed by atoms with Gasteiger partial charge in [-0.2, -0.15) is 0 Å². The summed E-state index contributed by atoms with van der Waals surface area (Å²) >= 11 is 12.1. The first-order valence-electron chi connectivity index (χ1n) is 6.72. The van der Waals surface area contributed by atoms with Gasteiger partial charge in [0.25, 0.3) is 0 Å². The van der Waals surface area contributed by atoms with Gasteiger partial charge in [-0.1, -0.05) is 29.3 Å². The topological polar surface area (TPSA) is 59.6 Å². The maximum absolute atomic E-state index is 11.4. The maximum atomic E-state index is 11.4. The Balaban J connectivity index is 1.78. The van der Waals surface area contributed by atoms with E-state index in [4.69, 9.17) is 27.6 Å². The first kappa shape index (κ1) is 15.6. The van der Waals surface area contributed by atoms with Crippen LogP contribution in [0.5, 0.6) is 0 Å². The molecule has 116 valence electrons. The molecule has 1 aromatic carbocycles. The second kappa shape index (κ2) is 6.07. The molecule has 0 aliphatic carbocycles. The highest BCUT2D eigenvalue weighted by Gasteiger charge is 2.26. The SMILES string of the molecule is O=S1(=O)CCC(N=Cc2ccc(-c3cccc(Cl)c3Cl)o2)C1. The number of furan rings is 1. The fourth-order valence-electron chi connectivity index (χ4n) is 2.33. The van der Waals surface area contributed by atoms with Crippen LogP contribution in [-0.2, 0) is 9.84 Å². The fraction of sp³-hybridized carbons (Fsp3) is 0.267. The Morgan fingerprint density at radius 1 is 1.23 bits per heavy atom. The maximum Gasteiger partial charge on any atom is 0.152 e. The Labute approximate surface area is 138 Å². The average Bonchev–Trinajstić information content (AvgIpc) is 3.06. The van der Waals surface area contributed by atoms with E-state index in [2.05, 4.69) is 4.99 Å². The van der Waals surface area contributed by atoms with Gasteiger partial charge in [-0.05, 0) is 30.7 Å². The predicted octanol–water partition coefficient (Wildman–Crippen LogP) is 3.86. The minimum absolute atomic E-state index is 0.108. The second-order valence-electron chi connectivity index (χ2n) is 5.14. The van der Waals surface area contributed by atoms with Gasteiger partial charge in [0.05, 0.1) is 33.8 Å². The monoisotopic (exact) mass is 357 g/mol. The Kier molecular flexibility index (Phi) is 4.30. The van der Waals surface area contributed by atoms with Crippen molar-refractivity contribution < 1.29 is 12.8 Å². The van der Waals surface area contributed by atoms with Crippen LogP contribution >= 0.6 is 23.2 Å². The summed E-state index contributed by atoms with van der Waals surface area (Å²) in [5, 5.41) is 0.894. The smallest absolute Gasteiger partial charge is 0.152 e. The van der Waals surface area contributed by atoms with E-state index in [0.717, 1.165) is 0 Å². The van der Waals surface area contributed by atoms with Crippen LogP contribution in [-0.4, -0.2) is 32.2 Å². The standard InChI is InChI=1S/C15H13Cl2NO3S/c16-13-3-1-2-12(15(13)17)14-5-4-11(21-14)8-18-10-6-7-22(19,20)9-10/h1-5,8,10H,6-7,9H2. The number of aliphatic imine (C=N–C) groups is 1. The summed E-state index contributed by atoms with van der Waals surface area (Å²) in [7, 11) is -2.92. The van der Waals surface area contributed by atoms with E-state index < -0.39 is 9.84 Å². The highest BCUT2D eigenvalue weighted by atomic mass is 35.5. The lowest BCUT2D eigenvalue weighted by Crippen LogP contribution is -2.07. The van der Waals surface area contributed by atoms with E-state index in [1.807, 2.05) is 6.07 Å². The molecule has 1 aliphatic heterocycles. The van der Waals surface area contributed by atoms with Crippen molar-refractivity contribution in [1.29, 1.82) is 0 Å². The first-order chi connectivity index (χ1) is 10.4. The van der Waals surface area contributed by atoms with Gasteiger partial charge < -0.3 is 4.42 Å². The van der Waals surface area contributed by atoms with Crippen LogP contribution in [0.1, 0.15) is 12.2 Å². The van der Waals surface area contributed by atoms with Crippen molar-refractivity contribution >= 4 is 39.3 Å². The normalized spacial score (nSPS) is 20.7. The molecule has 1 aliphatic rings. The Morgan fingerprint density at radius 3 is 2.77 bits per heavy atom. The zero-order valence-corrected chi connectivity index (χ0v) is 13.8. The Hall–Kier alpha value is -1.30. The molecule has 2 aromatic rings. The molecule has 0 radical (unpaired) electrons. The molecule has 22 heavy (non-hydrogen) atoms. The summed E-state index contributed by atoms with van der Waals surface area (Å²) in [6, 6.07) is 8.68. The van der Waals surface area contributed by atoms with Crippen LogP contribution in [0.4, 0.5) is 0 Å². The molecular formula is C15H13Cl2NO3S. The molecule has 0 N–H and O–H groups in total. The molecule has 1 unspecified atom stereocenters. The lowest BCUT2D eigenvalue weighted by atomic mass is 10.2. The molecule has 7 heteroatoms. The van der Waals surface area contributed by atoms with E-state index in [9.17, 15) is 8.42 Å². The van der Waals surface area contributed by atoms with Crippen LogP contribution in [0.2, 0.25) is 10.0 Å². The van der Waals surface area contributed by atoms with E-state index >= 15 is 0 Å². The molecule has 0 amide bonds. The minimum atomic E-state index is -2.92. The third-order valence-corrected chi connectivity index (χ3v) is 6.03. The summed E-state index contributed by atoms with van der Waals surface area (Å²) in [4.78, 5) is 4.28. The Morgan fingerprint density at radius 2 is 2.05 bits per heavy atom. The number of sulfone groups is 1. The minimum Gasteiger partial charge on any atom is -0.455 e. The van der Waals surface area contributed by atoms with E-state index in [0.29, 0.717) is 33.6 Å². The summed E-state index contributed by atoms with van der Waals surface area (Å²) in [6.45, 7) is 0. The van der Waals surface area contributed by atoms with Gasteiger partial charge in [-0.3, -0.25) is 4.99 Å². The van der Waals surface area contributed by atoms with Crippen LogP contribution in [0.15, 0.2) is 39.7 Å². The molecule has 1 saturated heterocycles. The van der Waals surface area contributed by atoms with Crippen molar-refractivity contribution in [2.75, 3.05) is 11.5 Å². The predicted molar refractivity (Wildman–Crippen MR) is 88.8 cm³/mol. The summed E-state index contributed by atoms with van der Waals surface area (Å²) in [6.07, 6.45) is 2.12. The zero-order chi connectivity index (χ0) is 15.7. The molecule has 1 atom stereocenters. The Bertz CT molecular complexity index is 827. The van der Waals surface area contributed by atoms with E-state index in [1.54, 1.807) is 30.5 Å². The van der Waals surface area contributed by atoms with Crippen LogP contribution in [0.25, 0.3) is 11.3 Å². The number of rotatable bonds is 3. The number of nitrogens with zero attached hydrogens (tertiary/aromatic N) is 1. The molecule has 1 fully saturated rings. The van der Waals surface area contributed by atoms with E-state index in [1.165, 1.54) is 0 Å². The van der Waals surface area contributed by atoms with Gasteiger partial charge in [0, 0.05) is 5.56 Å². The zero-order valence-electron chi connectivity index (χ0n) is 11.5. The van der Waals surface area contributed by atoms with E-state index in [-0.39, 0.29) is 17.5 Å². The summed E-state index contributed by atoms with van der Waals surface area (Å²) in [5.41, 5.74) is 0.706. The largest absolute Gasteiger partial charge is 0.455 e. The number of benzene rings is 1. The second-order valence-corrected chi connectivity index (χ2v) is 8.15. The lowest BCUT2D eigenvalue weighted by molar-refractivity contribution is 0.573. The van der Waals surface area contributed by atoms with Crippen molar-refractivity contribution in [3.63, 3.8) is 0 Å². The number of hydrogen-bond acceptors (Lipinski definition) is 4. The number of hydrogen-bond donors (Lipinski definition) is 0. The fourth-order valence-corrected chi connectivity index (χ4v) is 4.36. The quantitative estimate of drug-likeness (QED) is 0.783. The highest BCUT2D eigenvalue weighted by molar-refractivity contribution is 7.91. The molecule has 4 nitrogen and oxygen atoms in total. The molecule has 2 heterocycles. The molecule has 0 spiro atoms. The van der Waals surface area contributed by atoms with Gasteiger partial charge >= 0.3 is 0 Å². The van der Waals surface area contributed by atoms with Gasteiger partial charge in [0.2, 0.25) is 0 Å². The first-order valence-corrected chi connectivity index (χ1v) is 9.30. The van der Waals surface area contributed by atoms with Crippen molar-refractivity contribution in [3.05, 3.63) is 46.1 Å². The molecular weight excluding hydrogens is 345 g/mol. The molecule has 0 bridgehead atoms. The van der Waals surface area contributed by atoms with Crippen molar-refractivity contribution in [3.8, 4) is 11.3 Å². The molecule has 3 rings (SSSR count). The lowest BCUT2D eigenvalue weighted by Gasteiger charge is -2.02. The highest BCUT2D eigenvalue weighted by Crippen LogP contribution is 2.34. The third-order valence-electron chi connectivity index (χ3n) is 3.46.